The van der Waals surface area contributed by atoms with Gasteiger partial charge in [-0.3, -0.25) is 0 Å². The molecule has 1 N–H and O–H groups in total. The van der Waals surface area contributed by atoms with Crippen LogP contribution in [0.1, 0.15) is 12.5 Å². The Balaban J connectivity index is 1.98. The Morgan fingerprint density at radius 2 is 2.13 bits per heavy atom. The normalized spacial score (nSPS) is 18.6. The van der Waals surface area contributed by atoms with E-state index in [1.54, 1.807) is 6.07 Å². The van der Waals surface area contributed by atoms with Gasteiger partial charge in [0.25, 0.3) is 0 Å². The van der Waals surface area contributed by atoms with Gasteiger partial charge in [0.2, 0.25) is 0 Å². The summed E-state index contributed by atoms with van der Waals surface area (Å²) in [6.45, 7) is 4.43. The minimum absolute atomic E-state index is 0.0387. The molecule has 0 saturated carbocycles. The minimum Gasteiger partial charge on any atom is -0.368 e. The van der Waals surface area contributed by atoms with E-state index in [4.69, 9.17) is 27.9 Å². The Morgan fingerprint density at radius 3 is 2.67 bits per heavy atom. The predicted octanol–water partition coefficient (Wildman–Crippen LogP) is 2.87. The molecule has 1 heterocycles. The average molecular weight is 246 g/mol. The van der Waals surface area contributed by atoms with Crippen LogP contribution in [0.15, 0.2) is 18.2 Å². The number of hydrogen-bond acceptors (Lipinski definition) is 2. The molecular weight excluding hydrogens is 233 g/mol. The third-order valence-electron chi connectivity index (χ3n) is 2.59. The van der Waals surface area contributed by atoms with Gasteiger partial charge in [-0.05, 0) is 24.6 Å². The van der Waals surface area contributed by atoms with Gasteiger partial charge in [-0.25, -0.2) is 0 Å². The zero-order valence-corrected chi connectivity index (χ0v) is 10.0. The van der Waals surface area contributed by atoms with Crippen LogP contribution in [0.2, 0.25) is 10.0 Å². The molecule has 0 aliphatic carbocycles. The monoisotopic (exact) mass is 245 g/mol. The predicted molar refractivity (Wildman–Crippen MR) is 62.5 cm³/mol. The first-order valence-corrected chi connectivity index (χ1v) is 5.63. The molecule has 1 aliphatic heterocycles. The maximum absolute atomic E-state index is 6.04. The van der Waals surface area contributed by atoms with Gasteiger partial charge in [0, 0.05) is 23.1 Å². The lowest BCUT2D eigenvalue weighted by atomic mass is 10.00. The van der Waals surface area contributed by atoms with Crippen molar-refractivity contribution in [2.45, 2.75) is 19.1 Å². The van der Waals surface area contributed by atoms with Crippen molar-refractivity contribution in [2.24, 2.45) is 0 Å². The Hall–Kier alpha value is -0.280. The molecule has 0 aromatic heterocycles. The van der Waals surface area contributed by atoms with Gasteiger partial charge in [-0.15, -0.1) is 0 Å². The second kappa shape index (κ2) is 4.30. The van der Waals surface area contributed by atoms with Gasteiger partial charge in [0.15, 0.2) is 0 Å². The van der Waals surface area contributed by atoms with E-state index in [0.29, 0.717) is 16.7 Å². The summed E-state index contributed by atoms with van der Waals surface area (Å²) >= 11 is 11.8. The van der Waals surface area contributed by atoms with Crippen molar-refractivity contribution in [3.05, 3.63) is 33.8 Å². The smallest absolute Gasteiger partial charge is 0.0906 e. The topological polar surface area (TPSA) is 21.3 Å². The molecule has 2 rings (SSSR count). The summed E-state index contributed by atoms with van der Waals surface area (Å²) in [6, 6.07) is 5.47. The third kappa shape index (κ3) is 2.64. The highest BCUT2D eigenvalue weighted by Crippen LogP contribution is 2.24. The van der Waals surface area contributed by atoms with Crippen LogP contribution >= 0.6 is 23.2 Å². The molecule has 2 nitrogen and oxygen atoms in total. The average Bonchev–Trinajstić information content (AvgIpc) is 2.14. The fourth-order valence-electron chi connectivity index (χ4n) is 1.47. The summed E-state index contributed by atoms with van der Waals surface area (Å²) in [5, 5.41) is 4.50. The van der Waals surface area contributed by atoms with E-state index in [1.165, 1.54) is 0 Å². The molecule has 1 saturated heterocycles. The molecule has 0 atom stereocenters. The minimum atomic E-state index is -0.0387. The lowest BCUT2D eigenvalue weighted by Crippen LogP contribution is -2.58. The number of ether oxygens (including phenoxy) is 1. The molecule has 1 aromatic rings. The summed E-state index contributed by atoms with van der Waals surface area (Å²) in [7, 11) is 0. The van der Waals surface area contributed by atoms with Crippen molar-refractivity contribution in [3.8, 4) is 0 Å². The number of benzene rings is 1. The standard InChI is InChI=1S/C11H13Cl2NO/c1-11(6-14-7-11)15-5-8-2-3-9(12)4-10(8)13/h2-4,14H,5-7H2,1H3. The van der Waals surface area contributed by atoms with Crippen LogP contribution in [-0.2, 0) is 11.3 Å². The summed E-state index contributed by atoms with van der Waals surface area (Å²) in [5.74, 6) is 0. The zero-order chi connectivity index (χ0) is 10.9. The largest absolute Gasteiger partial charge is 0.368 e. The number of hydrogen-bond donors (Lipinski definition) is 1. The van der Waals surface area contributed by atoms with Gasteiger partial charge < -0.3 is 10.1 Å². The van der Waals surface area contributed by atoms with Crippen LogP contribution in [0, 0.1) is 0 Å². The molecule has 0 unspecified atom stereocenters. The summed E-state index contributed by atoms with van der Waals surface area (Å²) < 4.78 is 5.78. The first kappa shape index (κ1) is 11.2. The molecule has 82 valence electrons. The second-order valence-electron chi connectivity index (χ2n) is 4.08. The molecule has 1 fully saturated rings. The Bertz CT molecular complexity index is 364. The van der Waals surface area contributed by atoms with Gasteiger partial charge in [0.1, 0.15) is 0 Å². The SMILES string of the molecule is CC1(OCc2ccc(Cl)cc2Cl)CNC1. The van der Waals surface area contributed by atoms with Gasteiger partial charge in [0.05, 0.1) is 12.2 Å². The highest BCUT2D eigenvalue weighted by molar-refractivity contribution is 6.35. The fourth-order valence-corrected chi connectivity index (χ4v) is 1.93. The van der Waals surface area contributed by atoms with E-state index < -0.39 is 0 Å². The molecule has 1 aromatic carbocycles. The van der Waals surface area contributed by atoms with Crippen LogP contribution in [0.3, 0.4) is 0 Å². The van der Waals surface area contributed by atoms with Crippen LogP contribution in [-0.4, -0.2) is 18.7 Å². The van der Waals surface area contributed by atoms with Crippen LogP contribution in [0.25, 0.3) is 0 Å². The van der Waals surface area contributed by atoms with Crippen molar-refractivity contribution >= 4 is 23.2 Å². The van der Waals surface area contributed by atoms with E-state index in [-0.39, 0.29) is 5.60 Å². The Labute approximate surface area is 99.5 Å². The Kier molecular flexibility index (Phi) is 3.21. The molecule has 0 bridgehead atoms. The van der Waals surface area contributed by atoms with Crippen molar-refractivity contribution in [2.75, 3.05) is 13.1 Å². The fraction of sp³-hybridized carbons (Fsp3) is 0.455. The lowest BCUT2D eigenvalue weighted by Gasteiger charge is -2.39. The van der Waals surface area contributed by atoms with Crippen molar-refractivity contribution in [1.82, 2.24) is 5.32 Å². The van der Waals surface area contributed by atoms with Crippen molar-refractivity contribution in [3.63, 3.8) is 0 Å². The molecular formula is C11H13Cl2NO. The molecule has 0 spiro atoms. The second-order valence-corrected chi connectivity index (χ2v) is 4.92. The first-order valence-electron chi connectivity index (χ1n) is 4.88. The molecule has 0 amide bonds. The number of halogens is 2. The molecule has 1 aliphatic rings. The van der Waals surface area contributed by atoms with Gasteiger partial charge in [-0.2, -0.15) is 0 Å². The quantitative estimate of drug-likeness (QED) is 0.885. The summed E-state index contributed by atoms with van der Waals surface area (Å²) in [6.07, 6.45) is 0. The van der Waals surface area contributed by atoms with E-state index in [1.807, 2.05) is 12.1 Å². The van der Waals surface area contributed by atoms with Crippen molar-refractivity contribution < 1.29 is 4.74 Å². The van der Waals surface area contributed by atoms with Gasteiger partial charge >= 0.3 is 0 Å². The van der Waals surface area contributed by atoms with Gasteiger partial charge in [-0.1, -0.05) is 29.3 Å². The van der Waals surface area contributed by atoms with Crippen LogP contribution in [0.4, 0.5) is 0 Å². The number of nitrogens with one attached hydrogen (secondary N) is 1. The summed E-state index contributed by atoms with van der Waals surface area (Å²) in [5.41, 5.74) is 0.942. The van der Waals surface area contributed by atoms with Crippen molar-refractivity contribution in [1.29, 1.82) is 0 Å². The van der Waals surface area contributed by atoms with E-state index >= 15 is 0 Å². The maximum atomic E-state index is 6.04. The van der Waals surface area contributed by atoms with Crippen LogP contribution < -0.4 is 5.32 Å². The highest BCUT2D eigenvalue weighted by Gasteiger charge is 2.32. The van der Waals surface area contributed by atoms with Crippen LogP contribution in [0.5, 0.6) is 0 Å². The highest BCUT2D eigenvalue weighted by atomic mass is 35.5. The molecule has 15 heavy (non-hydrogen) atoms. The lowest BCUT2D eigenvalue weighted by molar-refractivity contribution is -0.0767. The molecule has 0 radical (unpaired) electrons. The molecule has 4 heteroatoms. The summed E-state index contributed by atoms with van der Waals surface area (Å²) in [4.78, 5) is 0. The Morgan fingerprint density at radius 1 is 1.40 bits per heavy atom. The first-order chi connectivity index (χ1) is 7.09. The maximum Gasteiger partial charge on any atom is 0.0906 e. The van der Waals surface area contributed by atoms with E-state index in [0.717, 1.165) is 18.7 Å². The van der Waals surface area contributed by atoms with E-state index in [2.05, 4.69) is 12.2 Å². The zero-order valence-electron chi connectivity index (χ0n) is 8.52. The van der Waals surface area contributed by atoms with E-state index in [9.17, 15) is 0 Å². The third-order valence-corrected chi connectivity index (χ3v) is 3.18. The number of rotatable bonds is 3.